The largest absolute Gasteiger partial charge is 0.306 e. The predicted molar refractivity (Wildman–Crippen MR) is 76.7 cm³/mol. The zero-order valence-corrected chi connectivity index (χ0v) is 11.4. The summed E-state index contributed by atoms with van der Waals surface area (Å²) in [6.45, 7) is 5.99. The molecule has 0 aliphatic heterocycles. The average Bonchev–Trinajstić information content (AvgIpc) is 2.87. The van der Waals surface area contributed by atoms with E-state index in [0.29, 0.717) is 11.3 Å². The molecule has 0 unspecified atom stereocenters. The van der Waals surface area contributed by atoms with Crippen molar-refractivity contribution >= 4 is 5.65 Å². The van der Waals surface area contributed by atoms with Crippen molar-refractivity contribution in [3.63, 3.8) is 0 Å². The monoisotopic (exact) mass is 256 g/mol. The third-order valence-corrected chi connectivity index (χ3v) is 2.83. The van der Waals surface area contributed by atoms with E-state index >= 15 is 0 Å². The Morgan fingerprint density at radius 2 is 1.79 bits per heavy atom. The Balaban J connectivity index is 0.000000637. The van der Waals surface area contributed by atoms with Crippen molar-refractivity contribution in [3.8, 4) is 11.3 Å². The maximum Gasteiger partial charge on any atom is 0.140 e. The van der Waals surface area contributed by atoms with Crippen LogP contribution < -0.4 is 0 Å². The topological polar surface area (TPSA) is 17.3 Å². The van der Waals surface area contributed by atoms with Crippen molar-refractivity contribution in [2.24, 2.45) is 0 Å². The van der Waals surface area contributed by atoms with Gasteiger partial charge in [-0.15, -0.1) is 0 Å². The van der Waals surface area contributed by atoms with Crippen LogP contribution in [-0.4, -0.2) is 9.38 Å². The molecule has 19 heavy (non-hydrogen) atoms. The lowest BCUT2D eigenvalue weighted by molar-refractivity contribution is 0.631. The molecule has 0 amide bonds. The molecule has 3 rings (SSSR count). The summed E-state index contributed by atoms with van der Waals surface area (Å²) in [6.07, 6.45) is 3.76. The van der Waals surface area contributed by atoms with Gasteiger partial charge in [-0.2, -0.15) is 0 Å². The summed E-state index contributed by atoms with van der Waals surface area (Å²) in [5.41, 5.74) is 3.15. The van der Waals surface area contributed by atoms with E-state index in [4.69, 9.17) is 0 Å². The molecule has 0 saturated carbocycles. The summed E-state index contributed by atoms with van der Waals surface area (Å²) in [5, 5.41) is 0. The second kappa shape index (κ2) is 5.65. The zero-order valence-electron chi connectivity index (χ0n) is 11.4. The molecule has 0 aliphatic rings. The number of imidazole rings is 1. The second-order valence-corrected chi connectivity index (χ2v) is 4.03. The summed E-state index contributed by atoms with van der Waals surface area (Å²) in [6, 6.07) is 10.6. The summed E-state index contributed by atoms with van der Waals surface area (Å²) < 4.78 is 15.6. The number of aryl methyl sites for hydroxylation is 1. The minimum atomic E-state index is -0.242. The minimum absolute atomic E-state index is 0.242. The molecule has 0 saturated heterocycles. The molecule has 0 atom stereocenters. The number of fused-ring (bicyclic) bond motifs is 1. The van der Waals surface area contributed by atoms with Gasteiger partial charge < -0.3 is 4.40 Å². The van der Waals surface area contributed by atoms with Crippen molar-refractivity contribution in [3.05, 3.63) is 60.2 Å². The van der Waals surface area contributed by atoms with Crippen molar-refractivity contribution in [1.82, 2.24) is 9.38 Å². The van der Waals surface area contributed by atoms with Crippen LogP contribution in [0.3, 0.4) is 0 Å². The minimum Gasteiger partial charge on any atom is -0.306 e. The number of hydrogen-bond acceptors (Lipinski definition) is 1. The van der Waals surface area contributed by atoms with Gasteiger partial charge in [0.25, 0.3) is 0 Å². The van der Waals surface area contributed by atoms with Crippen LogP contribution in [0.25, 0.3) is 16.9 Å². The molecular formula is C16H17FN2. The zero-order chi connectivity index (χ0) is 13.8. The van der Waals surface area contributed by atoms with Gasteiger partial charge in [0.15, 0.2) is 0 Å². The highest BCUT2D eigenvalue weighted by atomic mass is 19.1. The van der Waals surface area contributed by atoms with Gasteiger partial charge in [-0.3, -0.25) is 0 Å². The van der Waals surface area contributed by atoms with Crippen LogP contribution in [0.2, 0.25) is 0 Å². The van der Waals surface area contributed by atoms with E-state index in [9.17, 15) is 4.39 Å². The summed E-state index contributed by atoms with van der Waals surface area (Å²) >= 11 is 0. The number of rotatable bonds is 1. The highest BCUT2D eigenvalue weighted by molar-refractivity contribution is 5.64. The fourth-order valence-corrected chi connectivity index (χ4v) is 1.95. The Labute approximate surface area is 112 Å². The van der Waals surface area contributed by atoms with E-state index < -0.39 is 0 Å². The number of halogens is 1. The third kappa shape index (κ3) is 2.50. The first kappa shape index (κ1) is 13.3. The number of benzene rings is 1. The predicted octanol–water partition coefficient (Wildman–Crippen LogP) is 4.48. The number of hydrogen-bond donors (Lipinski definition) is 0. The number of nitrogens with zero attached hydrogens (tertiary/aromatic N) is 2. The van der Waals surface area contributed by atoms with Crippen LogP contribution >= 0.6 is 0 Å². The fraction of sp³-hybridized carbons (Fsp3) is 0.188. The lowest BCUT2D eigenvalue weighted by Crippen LogP contribution is -1.84. The molecule has 0 spiro atoms. The molecule has 1 aromatic carbocycles. The Kier molecular flexibility index (Phi) is 3.95. The molecule has 2 nitrogen and oxygen atoms in total. The lowest BCUT2D eigenvalue weighted by Gasteiger charge is -1.96. The van der Waals surface area contributed by atoms with Crippen molar-refractivity contribution in [2.45, 2.75) is 20.8 Å². The van der Waals surface area contributed by atoms with E-state index in [1.807, 2.05) is 55.8 Å². The Morgan fingerprint density at radius 1 is 1.05 bits per heavy atom. The molecule has 0 bridgehead atoms. The summed E-state index contributed by atoms with van der Waals surface area (Å²) in [7, 11) is 0. The quantitative estimate of drug-likeness (QED) is 0.627. The van der Waals surface area contributed by atoms with Crippen molar-refractivity contribution in [1.29, 1.82) is 0 Å². The third-order valence-electron chi connectivity index (χ3n) is 2.83. The SMILES string of the molecule is CC.Cc1cccn2cc(-c3ccccc3F)nc12. The molecule has 98 valence electrons. The van der Waals surface area contributed by atoms with E-state index in [1.165, 1.54) is 6.07 Å². The highest BCUT2D eigenvalue weighted by Gasteiger charge is 2.09. The van der Waals surface area contributed by atoms with Gasteiger partial charge in [-0.05, 0) is 30.7 Å². The molecular weight excluding hydrogens is 239 g/mol. The van der Waals surface area contributed by atoms with Crippen LogP contribution in [0.1, 0.15) is 19.4 Å². The molecule has 0 aliphatic carbocycles. The first-order valence-electron chi connectivity index (χ1n) is 6.45. The summed E-state index contributed by atoms with van der Waals surface area (Å²) in [4.78, 5) is 4.47. The fourth-order valence-electron chi connectivity index (χ4n) is 1.95. The van der Waals surface area contributed by atoms with E-state index in [1.54, 1.807) is 12.1 Å². The standard InChI is InChI=1S/C14H11FN2.C2H6/c1-10-5-4-8-17-9-13(16-14(10)17)11-6-2-3-7-12(11)15;1-2/h2-9H,1H3;1-2H3. The van der Waals surface area contributed by atoms with Gasteiger partial charge in [0, 0.05) is 18.0 Å². The Hall–Kier alpha value is -2.16. The second-order valence-electron chi connectivity index (χ2n) is 4.03. The normalized spacial score (nSPS) is 10.1. The molecule has 3 heteroatoms. The van der Waals surface area contributed by atoms with Crippen molar-refractivity contribution < 1.29 is 4.39 Å². The van der Waals surface area contributed by atoms with Crippen LogP contribution in [0.4, 0.5) is 4.39 Å². The average molecular weight is 256 g/mol. The van der Waals surface area contributed by atoms with Crippen LogP contribution in [0, 0.1) is 12.7 Å². The molecule has 3 aromatic rings. The number of pyridine rings is 1. The highest BCUT2D eigenvalue weighted by Crippen LogP contribution is 2.22. The van der Waals surface area contributed by atoms with Gasteiger partial charge >= 0.3 is 0 Å². The van der Waals surface area contributed by atoms with E-state index in [0.717, 1.165) is 11.2 Å². The maximum atomic E-state index is 13.7. The van der Waals surface area contributed by atoms with E-state index in [-0.39, 0.29) is 5.82 Å². The molecule has 0 radical (unpaired) electrons. The van der Waals surface area contributed by atoms with Gasteiger partial charge in [0.1, 0.15) is 11.5 Å². The first-order valence-corrected chi connectivity index (χ1v) is 6.45. The Morgan fingerprint density at radius 3 is 2.47 bits per heavy atom. The number of aromatic nitrogens is 2. The van der Waals surface area contributed by atoms with Gasteiger partial charge in [-0.25, -0.2) is 9.37 Å². The van der Waals surface area contributed by atoms with Crippen LogP contribution in [0.5, 0.6) is 0 Å². The van der Waals surface area contributed by atoms with Gasteiger partial charge in [0.2, 0.25) is 0 Å². The first-order chi connectivity index (χ1) is 9.25. The summed E-state index contributed by atoms with van der Waals surface area (Å²) in [5.74, 6) is -0.242. The maximum absolute atomic E-state index is 13.7. The lowest BCUT2D eigenvalue weighted by atomic mass is 10.1. The van der Waals surface area contributed by atoms with Gasteiger partial charge in [-0.1, -0.05) is 32.0 Å². The van der Waals surface area contributed by atoms with Crippen LogP contribution in [0.15, 0.2) is 48.8 Å². The Bertz CT molecular complexity index is 686. The van der Waals surface area contributed by atoms with Gasteiger partial charge in [0.05, 0.1) is 5.69 Å². The van der Waals surface area contributed by atoms with Crippen LogP contribution in [-0.2, 0) is 0 Å². The molecule has 2 aromatic heterocycles. The molecule has 0 N–H and O–H groups in total. The molecule has 0 fully saturated rings. The smallest absolute Gasteiger partial charge is 0.140 e. The van der Waals surface area contributed by atoms with E-state index in [2.05, 4.69) is 4.98 Å². The van der Waals surface area contributed by atoms with Crippen molar-refractivity contribution in [2.75, 3.05) is 0 Å². The molecule has 2 heterocycles.